The number of aryl methyl sites for hydroxylation is 1. The van der Waals surface area contributed by atoms with Gasteiger partial charge >= 0.3 is 5.97 Å². The summed E-state index contributed by atoms with van der Waals surface area (Å²) in [6.45, 7) is 2.19. The molecule has 2 rings (SSSR count). The van der Waals surface area contributed by atoms with E-state index in [4.69, 9.17) is 0 Å². The zero-order valence-electron chi connectivity index (χ0n) is 12.0. The second kappa shape index (κ2) is 6.04. The number of fused-ring (bicyclic) bond motifs is 1. The van der Waals surface area contributed by atoms with Crippen molar-refractivity contribution in [2.24, 2.45) is 0 Å². The molecule has 0 saturated heterocycles. The van der Waals surface area contributed by atoms with Gasteiger partial charge in [-0.3, -0.25) is 14.9 Å². The smallest absolute Gasteiger partial charge is 0.307 e. The Labute approximate surface area is 125 Å². The molecule has 0 amide bonds. The lowest BCUT2D eigenvalue weighted by Crippen LogP contribution is -2.22. The van der Waals surface area contributed by atoms with Crippen LogP contribution in [0.15, 0.2) is 12.1 Å². The Hall–Kier alpha value is -2.22. The van der Waals surface area contributed by atoms with Gasteiger partial charge in [0.05, 0.1) is 33.7 Å². The van der Waals surface area contributed by atoms with E-state index in [9.17, 15) is 14.9 Å². The van der Waals surface area contributed by atoms with Crippen LogP contribution < -0.4 is 4.90 Å². The van der Waals surface area contributed by atoms with Gasteiger partial charge in [0, 0.05) is 19.7 Å². The van der Waals surface area contributed by atoms with Crippen molar-refractivity contribution in [3.63, 3.8) is 0 Å². The number of rotatable bonds is 5. The molecule has 0 aliphatic carbocycles. The van der Waals surface area contributed by atoms with E-state index in [1.807, 2.05) is 6.92 Å². The molecular weight excluding hydrogens is 294 g/mol. The minimum Gasteiger partial charge on any atom is -0.469 e. The topological polar surface area (TPSA) is 85.6 Å². The van der Waals surface area contributed by atoms with Crippen molar-refractivity contribution in [1.29, 1.82) is 0 Å². The molecule has 0 bridgehead atoms. The van der Waals surface area contributed by atoms with Gasteiger partial charge in [0.15, 0.2) is 0 Å². The van der Waals surface area contributed by atoms with Crippen LogP contribution in [0, 0.1) is 17.0 Å². The van der Waals surface area contributed by atoms with Gasteiger partial charge in [-0.25, -0.2) is 4.98 Å². The number of benzene rings is 1. The van der Waals surface area contributed by atoms with Crippen molar-refractivity contribution in [2.45, 2.75) is 13.3 Å². The highest BCUT2D eigenvalue weighted by Crippen LogP contribution is 2.34. The van der Waals surface area contributed by atoms with E-state index in [2.05, 4.69) is 9.72 Å². The number of ether oxygens (including phenoxy) is 1. The van der Waals surface area contributed by atoms with Crippen LogP contribution in [-0.2, 0) is 9.53 Å². The molecule has 0 saturated carbocycles. The fourth-order valence-corrected chi connectivity index (χ4v) is 2.84. The lowest BCUT2D eigenvalue weighted by molar-refractivity contribution is -0.384. The Morgan fingerprint density at radius 1 is 1.52 bits per heavy atom. The Bertz CT molecular complexity index is 698. The summed E-state index contributed by atoms with van der Waals surface area (Å²) in [5.41, 5.74) is 1.18. The van der Waals surface area contributed by atoms with Crippen molar-refractivity contribution in [2.75, 3.05) is 25.6 Å². The van der Waals surface area contributed by atoms with E-state index in [0.717, 1.165) is 15.2 Å². The standard InChI is InChI=1S/C13H15N3O4S/c1-8-14-9-6-10(15(2)5-4-13(17)20-3)11(16(18)19)7-12(9)21-8/h6-7H,4-5H2,1-3H3. The molecule has 1 aromatic heterocycles. The first-order valence-corrected chi connectivity index (χ1v) is 7.07. The fourth-order valence-electron chi connectivity index (χ4n) is 2.00. The number of aromatic nitrogens is 1. The first kappa shape index (κ1) is 15.2. The number of carbonyl (C=O) groups is 1. The predicted molar refractivity (Wildman–Crippen MR) is 80.9 cm³/mol. The molecule has 2 aromatic rings. The van der Waals surface area contributed by atoms with E-state index in [1.54, 1.807) is 18.0 Å². The molecule has 8 heteroatoms. The summed E-state index contributed by atoms with van der Waals surface area (Å²) in [5.74, 6) is -0.352. The van der Waals surface area contributed by atoms with Crippen LogP contribution >= 0.6 is 11.3 Å². The molecule has 112 valence electrons. The van der Waals surface area contributed by atoms with Crippen LogP contribution in [0.5, 0.6) is 0 Å². The summed E-state index contributed by atoms with van der Waals surface area (Å²) in [6, 6.07) is 3.22. The molecule has 0 aliphatic rings. The summed E-state index contributed by atoms with van der Waals surface area (Å²) < 4.78 is 5.36. The molecule has 1 heterocycles. The maximum atomic E-state index is 11.2. The maximum absolute atomic E-state index is 11.2. The lowest BCUT2D eigenvalue weighted by atomic mass is 10.2. The Balaban J connectivity index is 2.37. The first-order chi connectivity index (χ1) is 9.92. The summed E-state index contributed by atoms with van der Waals surface area (Å²) in [7, 11) is 3.02. The number of esters is 1. The molecule has 21 heavy (non-hydrogen) atoms. The number of nitrogens with zero attached hydrogens (tertiary/aromatic N) is 3. The number of nitro groups is 1. The van der Waals surface area contributed by atoms with Crippen LogP contribution in [0.3, 0.4) is 0 Å². The van der Waals surface area contributed by atoms with Crippen LogP contribution in [0.25, 0.3) is 10.2 Å². The van der Waals surface area contributed by atoms with E-state index in [0.29, 0.717) is 12.2 Å². The van der Waals surface area contributed by atoms with Crippen LogP contribution in [0.2, 0.25) is 0 Å². The highest BCUT2D eigenvalue weighted by Gasteiger charge is 2.20. The Morgan fingerprint density at radius 2 is 2.24 bits per heavy atom. The first-order valence-electron chi connectivity index (χ1n) is 6.26. The zero-order valence-corrected chi connectivity index (χ0v) is 12.8. The molecule has 0 unspecified atom stereocenters. The van der Waals surface area contributed by atoms with E-state index in [-0.39, 0.29) is 18.1 Å². The molecule has 0 N–H and O–H groups in total. The van der Waals surface area contributed by atoms with Gasteiger partial charge in [-0.1, -0.05) is 0 Å². The quantitative estimate of drug-likeness (QED) is 0.479. The number of nitro benzene ring substituents is 1. The van der Waals surface area contributed by atoms with Crippen molar-refractivity contribution >= 4 is 38.9 Å². The fraction of sp³-hybridized carbons (Fsp3) is 0.385. The van der Waals surface area contributed by atoms with Gasteiger partial charge in [0.2, 0.25) is 0 Å². The summed E-state index contributed by atoms with van der Waals surface area (Å²) in [5, 5.41) is 12.1. The maximum Gasteiger partial charge on any atom is 0.307 e. The van der Waals surface area contributed by atoms with Crippen molar-refractivity contribution in [3.8, 4) is 0 Å². The highest BCUT2D eigenvalue weighted by atomic mass is 32.1. The number of carbonyl (C=O) groups excluding carboxylic acids is 1. The number of methoxy groups -OCH3 is 1. The van der Waals surface area contributed by atoms with Gasteiger partial charge in [-0.15, -0.1) is 11.3 Å². The summed E-state index contributed by atoms with van der Waals surface area (Å²) in [6.07, 6.45) is 0.165. The third-order valence-corrected chi connectivity index (χ3v) is 4.01. The average molecular weight is 309 g/mol. The van der Waals surface area contributed by atoms with Gasteiger partial charge in [0.1, 0.15) is 5.69 Å². The van der Waals surface area contributed by atoms with Crippen LogP contribution in [0.1, 0.15) is 11.4 Å². The van der Waals surface area contributed by atoms with E-state index >= 15 is 0 Å². The third-order valence-electron chi connectivity index (χ3n) is 3.08. The van der Waals surface area contributed by atoms with Gasteiger partial charge in [-0.05, 0) is 13.0 Å². The lowest BCUT2D eigenvalue weighted by Gasteiger charge is -2.18. The number of hydrogen-bond acceptors (Lipinski definition) is 7. The minimum atomic E-state index is -0.418. The van der Waals surface area contributed by atoms with E-state index < -0.39 is 4.92 Å². The Kier molecular flexibility index (Phi) is 4.37. The molecule has 0 fully saturated rings. The SMILES string of the molecule is COC(=O)CCN(C)c1cc2nc(C)sc2cc1[N+](=O)[O-]. The molecule has 0 radical (unpaired) electrons. The van der Waals surface area contributed by atoms with E-state index in [1.165, 1.54) is 24.5 Å². The number of thiazole rings is 1. The molecule has 0 atom stereocenters. The molecule has 7 nitrogen and oxygen atoms in total. The number of anilines is 1. The van der Waals surface area contributed by atoms with Crippen molar-refractivity contribution in [3.05, 3.63) is 27.3 Å². The molecule has 0 aliphatic heterocycles. The monoisotopic (exact) mass is 309 g/mol. The van der Waals surface area contributed by atoms with Gasteiger partial charge in [-0.2, -0.15) is 0 Å². The third kappa shape index (κ3) is 3.27. The minimum absolute atomic E-state index is 0.0125. The average Bonchev–Trinajstić information content (AvgIpc) is 2.81. The largest absolute Gasteiger partial charge is 0.469 e. The predicted octanol–water partition coefficient (Wildman–Crippen LogP) is 2.51. The number of hydrogen-bond donors (Lipinski definition) is 0. The Morgan fingerprint density at radius 3 is 2.86 bits per heavy atom. The highest BCUT2D eigenvalue weighted by molar-refractivity contribution is 7.18. The molecule has 0 spiro atoms. The zero-order chi connectivity index (χ0) is 15.6. The van der Waals surface area contributed by atoms with Crippen LogP contribution in [-0.4, -0.2) is 36.6 Å². The van der Waals surface area contributed by atoms with Gasteiger partial charge < -0.3 is 9.64 Å². The summed E-state index contributed by atoms with van der Waals surface area (Å²) in [4.78, 5) is 28.0. The van der Waals surface area contributed by atoms with Crippen molar-refractivity contribution in [1.82, 2.24) is 4.98 Å². The van der Waals surface area contributed by atoms with Crippen molar-refractivity contribution < 1.29 is 14.5 Å². The summed E-state index contributed by atoms with van der Waals surface area (Å²) >= 11 is 1.42. The molecule has 1 aromatic carbocycles. The normalized spacial score (nSPS) is 10.6. The second-order valence-electron chi connectivity index (χ2n) is 4.55. The second-order valence-corrected chi connectivity index (χ2v) is 5.78. The molecular formula is C13H15N3O4S. The van der Waals surface area contributed by atoms with Crippen LogP contribution in [0.4, 0.5) is 11.4 Å². The van der Waals surface area contributed by atoms with Gasteiger partial charge in [0.25, 0.3) is 5.69 Å².